The quantitative estimate of drug-likeness (QED) is 0.844. The molecule has 5 nitrogen and oxygen atoms in total. The molecule has 0 aliphatic carbocycles. The van der Waals surface area contributed by atoms with Crippen LogP contribution in [0.25, 0.3) is 11.4 Å². The smallest absolute Gasteiger partial charge is 0.335 e. The molecular weight excluding hydrogens is 218 g/mol. The zero-order valence-electron chi connectivity index (χ0n) is 9.47. The summed E-state index contributed by atoms with van der Waals surface area (Å²) >= 11 is 0. The van der Waals surface area contributed by atoms with E-state index >= 15 is 0 Å². The summed E-state index contributed by atoms with van der Waals surface area (Å²) in [6, 6.07) is 6.60. The van der Waals surface area contributed by atoms with Gasteiger partial charge >= 0.3 is 5.97 Å². The minimum atomic E-state index is -0.948. The minimum Gasteiger partial charge on any atom is -0.478 e. The zero-order chi connectivity index (χ0) is 12.3. The van der Waals surface area contributed by atoms with Crippen LogP contribution in [-0.4, -0.2) is 26.3 Å². The highest BCUT2D eigenvalue weighted by Gasteiger charge is 2.08. The van der Waals surface area contributed by atoms with E-state index in [1.807, 2.05) is 0 Å². The third kappa shape index (κ3) is 2.50. The molecule has 0 saturated carbocycles. The van der Waals surface area contributed by atoms with Crippen molar-refractivity contribution in [3.8, 4) is 11.4 Å². The molecule has 0 fully saturated rings. The molecule has 0 bridgehead atoms. The number of hydrogen-bond donors (Lipinski definition) is 2. The van der Waals surface area contributed by atoms with Gasteiger partial charge in [0.1, 0.15) is 5.82 Å². The number of benzene rings is 1. The summed E-state index contributed by atoms with van der Waals surface area (Å²) in [7, 11) is 0. The van der Waals surface area contributed by atoms with Crippen LogP contribution in [0.2, 0.25) is 0 Å². The van der Waals surface area contributed by atoms with E-state index in [1.54, 1.807) is 24.3 Å². The first-order valence-electron chi connectivity index (χ1n) is 5.45. The molecule has 2 N–H and O–H groups in total. The molecule has 88 valence electrons. The Morgan fingerprint density at radius 3 is 3.00 bits per heavy atom. The zero-order valence-corrected chi connectivity index (χ0v) is 9.47. The van der Waals surface area contributed by atoms with Gasteiger partial charge in [0.05, 0.1) is 5.56 Å². The Kier molecular flexibility index (Phi) is 3.18. The molecule has 1 heterocycles. The first-order valence-corrected chi connectivity index (χ1v) is 5.45. The maximum atomic E-state index is 10.8. The third-order valence-electron chi connectivity index (χ3n) is 2.39. The second-order valence-corrected chi connectivity index (χ2v) is 3.74. The van der Waals surface area contributed by atoms with Crippen LogP contribution in [0.3, 0.4) is 0 Å². The van der Waals surface area contributed by atoms with Gasteiger partial charge in [-0.1, -0.05) is 19.1 Å². The second-order valence-electron chi connectivity index (χ2n) is 3.74. The van der Waals surface area contributed by atoms with Crippen molar-refractivity contribution in [3.05, 3.63) is 35.7 Å². The highest BCUT2D eigenvalue weighted by Crippen LogP contribution is 2.16. The number of nitrogens with one attached hydrogen (secondary N) is 1. The summed E-state index contributed by atoms with van der Waals surface area (Å²) in [5.41, 5.74) is 0.952. The Labute approximate surface area is 98.5 Å². The Bertz CT molecular complexity index is 534. The summed E-state index contributed by atoms with van der Waals surface area (Å²) in [4.78, 5) is 15.2. The summed E-state index contributed by atoms with van der Waals surface area (Å²) < 4.78 is 0. The van der Waals surface area contributed by atoms with Crippen molar-refractivity contribution < 1.29 is 9.90 Å². The highest BCUT2D eigenvalue weighted by molar-refractivity contribution is 5.89. The first-order chi connectivity index (χ1) is 8.20. The number of hydrogen-bond acceptors (Lipinski definition) is 3. The lowest BCUT2D eigenvalue weighted by atomic mass is 10.1. The number of rotatable bonds is 4. The van der Waals surface area contributed by atoms with Gasteiger partial charge in [-0.3, -0.25) is 5.10 Å². The standard InChI is InChI=1S/C12H13N3O2/c1-2-4-10-13-11(15-14-10)8-5-3-6-9(7-8)12(16)17/h3,5-7H,2,4H2,1H3,(H,16,17)(H,13,14,15). The maximum Gasteiger partial charge on any atom is 0.335 e. The van der Waals surface area contributed by atoms with Crippen molar-refractivity contribution in [1.29, 1.82) is 0 Å². The summed E-state index contributed by atoms with van der Waals surface area (Å²) in [5.74, 6) is 0.413. The number of carboxylic acids is 1. The Hall–Kier alpha value is -2.17. The summed E-state index contributed by atoms with van der Waals surface area (Å²) in [6.07, 6.45) is 1.83. The van der Waals surface area contributed by atoms with E-state index < -0.39 is 5.97 Å². The number of carboxylic acid groups (broad SMARTS) is 1. The normalized spacial score (nSPS) is 10.4. The Morgan fingerprint density at radius 1 is 1.47 bits per heavy atom. The average Bonchev–Trinajstić information content (AvgIpc) is 2.78. The Morgan fingerprint density at radius 2 is 2.29 bits per heavy atom. The number of aromatic amines is 1. The maximum absolute atomic E-state index is 10.8. The van der Waals surface area contributed by atoms with E-state index in [0.29, 0.717) is 11.4 Å². The van der Waals surface area contributed by atoms with E-state index in [4.69, 9.17) is 5.11 Å². The molecule has 5 heteroatoms. The largest absolute Gasteiger partial charge is 0.478 e. The molecule has 17 heavy (non-hydrogen) atoms. The number of aromatic nitrogens is 3. The van der Waals surface area contributed by atoms with Gasteiger partial charge < -0.3 is 5.11 Å². The van der Waals surface area contributed by atoms with E-state index in [9.17, 15) is 4.79 Å². The van der Waals surface area contributed by atoms with Gasteiger partial charge in [0.15, 0.2) is 5.82 Å². The average molecular weight is 231 g/mol. The lowest BCUT2D eigenvalue weighted by molar-refractivity contribution is 0.0697. The fourth-order valence-electron chi connectivity index (χ4n) is 1.56. The molecule has 2 rings (SSSR count). The van der Waals surface area contributed by atoms with Crippen LogP contribution in [-0.2, 0) is 6.42 Å². The predicted octanol–water partition coefficient (Wildman–Crippen LogP) is 2.12. The molecule has 0 aliphatic rings. The molecule has 0 saturated heterocycles. The highest BCUT2D eigenvalue weighted by atomic mass is 16.4. The number of carbonyl (C=O) groups is 1. The van der Waals surface area contributed by atoms with Gasteiger partial charge in [0, 0.05) is 12.0 Å². The van der Waals surface area contributed by atoms with Gasteiger partial charge in [-0.05, 0) is 18.6 Å². The molecule has 0 spiro atoms. The van der Waals surface area contributed by atoms with Crippen molar-refractivity contribution in [2.45, 2.75) is 19.8 Å². The van der Waals surface area contributed by atoms with Crippen LogP contribution in [0.5, 0.6) is 0 Å². The number of aromatic carboxylic acids is 1. The van der Waals surface area contributed by atoms with Gasteiger partial charge in [-0.15, -0.1) is 0 Å². The predicted molar refractivity (Wildman–Crippen MR) is 62.8 cm³/mol. The number of H-pyrrole nitrogens is 1. The summed E-state index contributed by atoms with van der Waals surface area (Å²) in [5, 5.41) is 15.8. The van der Waals surface area contributed by atoms with Gasteiger partial charge in [0.2, 0.25) is 0 Å². The monoisotopic (exact) mass is 231 g/mol. The summed E-state index contributed by atoms with van der Waals surface area (Å²) in [6.45, 7) is 2.06. The molecule has 0 atom stereocenters. The van der Waals surface area contributed by atoms with Crippen molar-refractivity contribution in [2.75, 3.05) is 0 Å². The third-order valence-corrected chi connectivity index (χ3v) is 2.39. The van der Waals surface area contributed by atoms with Crippen molar-refractivity contribution in [2.24, 2.45) is 0 Å². The van der Waals surface area contributed by atoms with Crippen molar-refractivity contribution >= 4 is 5.97 Å². The second kappa shape index (κ2) is 4.78. The molecule has 1 aromatic heterocycles. The van der Waals surface area contributed by atoms with Gasteiger partial charge in [-0.2, -0.15) is 5.10 Å². The minimum absolute atomic E-state index is 0.240. The topological polar surface area (TPSA) is 78.9 Å². The molecule has 2 aromatic rings. The molecule has 0 amide bonds. The fraction of sp³-hybridized carbons (Fsp3) is 0.250. The number of aryl methyl sites for hydroxylation is 1. The van der Waals surface area contributed by atoms with Crippen LogP contribution in [0.4, 0.5) is 0 Å². The number of nitrogens with zero attached hydrogens (tertiary/aromatic N) is 2. The van der Waals surface area contributed by atoms with Crippen LogP contribution < -0.4 is 0 Å². The molecular formula is C12H13N3O2. The fourth-order valence-corrected chi connectivity index (χ4v) is 1.56. The van der Waals surface area contributed by atoms with E-state index in [1.165, 1.54) is 0 Å². The molecule has 0 unspecified atom stereocenters. The van der Waals surface area contributed by atoms with E-state index in [2.05, 4.69) is 22.1 Å². The molecule has 1 aromatic carbocycles. The van der Waals surface area contributed by atoms with Crippen LogP contribution in [0.1, 0.15) is 29.5 Å². The van der Waals surface area contributed by atoms with Crippen LogP contribution in [0.15, 0.2) is 24.3 Å². The lowest BCUT2D eigenvalue weighted by Crippen LogP contribution is -1.96. The van der Waals surface area contributed by atoms with Gasteiger partial charge in [0.25, 0.3) is 0 Å². The SMILES string of the molecule is CCCc1nc(-c2cccc(C(=O)O)c2)n[nH]1. The van der Waals surface area contributed by atoms with Crippen molar-refractivity contribution in [1.82, 2.24) is 15.2 Å². The molecule has 0 aliphatic heterocycles. The van der Waals surface area contributed by atoms with E-state index in [0.717, 1.165) is 18.7 Å². The molecule has 0 radical (unpaired) electrons. The van der Waals surface area contributed by atoms with E-state index in [-0.39, 0.29) is 5.56 Å². The van der Waals surface area contributed by atoms with Crippen LogP contribution in [0, 0.1) is 0 Å². The van der Waals surface area contributed by atoms with Crippen LogP contribution >= 0.6 is 0 Å². The van der Waals surface area contributed by atoms with Crippen molar-refractivity contribution in [3.63, 3.8) is 0 Å². The lowest BCUT2D eigenvalue weighted by Gasteiger charge is -1.97. The first kappa shape index (κ1) is 11.3. The Balaban J connectivity index is 2.32. The van der Waals surface area contributed by atoms with Gasteiger partial charge in [-0.25, -0.2) is 9.78 Å².